The summed E-state index contributed by atoms with van der Waals surface area (Å²) in [6.45, 7) is -1.23. The molecule has 5 saturated carbocycles. The van der Waals surface area contributed by atoms with Gasteiger partial charge in [-0.25, -0.2) is 26.0 Å². The van der Waals surface area contributed by atoms with E-state index in [2.05, 4.69) is 31.1 Å². The number of benzene rings is 3. The lowest BCUT2D eigenvalue weighted by Crippen LogP contribution is -2.69. The summed E-state index contributed by atoms with van der Waals surface area (Å²) in [5.41, 5.74) is -13.8. The second-order valence-corrected chi connectivity index (χ2v) is 33.8. The lowest BCUT2D eigenvalue weighted by atomic mass is 9.49. The average molecular weight is 1620 g/mol. The van der Waals surface area contributed by atoms with E-state index in [4.69, 9.17) is 14.2 Å². The number of carbonyl (C=O) groups excluding carboxylic acids is 3. The number of fused-ring (bicyclic) bond motifs is 1. The summed E-state index contributed by atoms with van der Waals surface area (Å²) in [5.74, 6) is -16.5. The third-order valence-electron chi connectivity index (χ3n) is 19.3. The van der Waals surface area contributed by atoms with E-state index in [0.717, 1.165) is 62.5 Å². The third-order valence-corrected chi connectivity index (χ3v) is 25.6. The van der Waals surface area contributed by atoms with Gasteiger partial charge in [0.1, 0.15) is 54.5 Å². The summed E-state index contributed by atoms with van der Waals surface area (Å²) in [6, 6.07) is 17.1. The van der Waals surface area contributed by atoms with Crippen molar-refractivity contribution in [1.29, 1.82) is 0 Å². The van der Waals surface area contributed by atoms with Gasteiger partial charge in [-0.15, -0.1) is 0 Å². The van der Waals surface area contributed by atoms with Crippen molar-refractivity contribution < 1.29 is 158 Å². The molecule has 38 heteroatoms. The number of ether oxygens (including phenoxy) is 7. The Kier molecular flexibility index (Phi) is 29.9. The van der Waals surface area contributed by atoms with Crippen molar-refractivity contribution in [2.45, 2.75) is 212 Å². The maximum absolute atomic E-state index is 14.3. The van der Waals surface area contributed by atoms with Crippen molar-refractivity contribution in [2.75, 3.05) is 69.1 Å². The summed E-state index contributed by atoms with van der Waals surface area (Å²) < 4.78 is 342. The summed E-state index contributed by atoms with van der Waals surface area (Å²) in [5, 5.41) is 11.4. The lowest BCUT2D eigenvalue weighted by molar-refractivity contribution is -0.399. The first-order valence-electron chi connectivity index (χ1n) is 33.7. The molecule has 2 aliphatic heterocycles. The molecule has 0 aromatic heterocycles. The highest BCUT2D eigenvalue weighted by Gasteiger charge is 2.80. The Morgan fingerprint density at radius 2 is 1.14 bits per heavy atom. The van der Waals surface area contributed by atoms with Gasteiger partial charge in [0, 0.05) is 48.2 Å². The molecule has 3 aromatic rings. The highest BCUT2D eigenvalue weighted by atomic mass is 32.2. The van der Waals surface area contributed by atoms with Gasteiger partial charge in [0.15, 0.2) is 15.7 Å². The molecule has 4 unspecified atom stereocenters. The number of halogens is 21. The predicted octanol–water partition coefficient (Wildman–Crippen LogP) is 16.8. The second kappa shape index (κ2) is 35.2. The van der Waals surface area contributed by atoms with Crippen LogP contribution in [-0.2, 0) is 65.2 Å². The molecule has 0 amide bonds. The second-order valence-electron chi connectivity index (χ2n) is 27.7. The molecule has 3 aromatic carbocycles. The van der Waals surface area contributed by atoms with Crippen LogP contribution in [0.3, 0.4) is 0 Å². The molecule has 7 fully saturated rings. The van der Waals surface area contributed by atoms with E-state index >= 15 is 0 Å². The zero-order chi connectivity index (χ0) is 79.7. The van der Waals surface area contributed by atoms with Crippen LogP contribution in [-0.4, -0.2) is 182 Å². The topological polar surface area (TPSA) is 193 Å². The van der Waals surface area contributed by atoms with Gasteiger partial charge < -0.3 is 42.8 Å². The van der Waals surface area contributed by atoms with Crippen LogP contribution in [0.2, 0.25) is 0 Å². The van der Waals surface area contributed by atoms with Gasteiger partial charge in [-0.1, -0.05) is 44.4 Å². The van der Waals surface area contributed by atoms with Crippen molar-refractivity contribution in [1.82, 2.24) is 0 Å². The van der Waals surface area contributed by atoms with Crippen LogP contribution in [0, 0.1) is 29.1 Å². The van der Waals surface area contributed by atoms with Crippen LogP contribution in [0.25, 0.3) is 10.8 Å². The van der Waals surface area contributed by atoms with Gasteiger partial charge in [-0.05, 0) is 162 Å². The van der Waals surface area contributed by atoms with E-state index in [-0.39, 0.29) is 103 Å². The van der Waals surface area contributed by atoms with Crippen molar-refractivity contribution in [2.24, 2.45) is 29.1 Å². The minimum atomic E-state index is -6.35. The summed E-state index contributed by atoms with van der Waals surface area (Å²) in [7, 11) is -4.88. The normalized spacial score (nSPS) is 22.7. The maximum atomic E-state index is 14.3. The first kappa shape index (κ1) is 90.0. The average Bonchev–Trinajstić information content (AvgIpc) is 0.842. The molecule has 5 aliphatic carbocycles. The molecule has 106 heavy (non-hydrogen) atoms. The fourth-order valence-corrected chi connectivity index (χ4v) is 20.4. The monoisotopic (exact) mass is 1620 g/mol. The highest BCUT2D eigenvalue weighted by Crippen LogP contribution is 2.62. The summed E-state index contributed by atoms with van der Waals surface area (Å²) in [4.78, 5) is 38.3. The van der Waals surface area contributed by atoms with E-state index in [1.807, 2.05) is 31.2 Å². The SMILES string of the molecule is CC(F)(F)C(OC(=O)C1CCCCC1)C(F)(F)F.CC(O)(COCCOc1ccc([S+]2CCCC2)c2ccccc12)C(F)(F)F.CCC(C(=O)c1ccc(OCC(OCOC)(C(C)(F)F)C(F)(F)C(F)(F)F)cc1)[S+]1CCCC1.O=C(OC(CS(=O)(=O)[O-])(C(F)(F)F)C(F)(F)F)C12CC3CC(CC(C3)C1)C2. The number of hydrogen-bond donors (Lipinski definition) is 1. The fraction of sp³-hybridized carbons (Fsp3) is 0.721. The van der Waals surface area contributed by atoms with E-state index in [1.54, 1.807) is 0 Å². The van der Waals surface area contributed by atoms with E-state index in [0.29, 0.717) is 50.3 Å². The summed E-state index contributed by atoms with van der Waals surface area (Å²) >= 11 is 0. The Labute approximate surface area is 603 Å². The van der Waals surface area contributed by atoms with Crippen LogP contribution >= 0.6 is 0 Å². The van der Waals surface area contributed by atoms with Crippen molar-refractivity contribution >= 4 is 60.4 Å². The number of rotatable bonds is 26. The molecular formula is C68H84F21O14S3+. The zero-order valence-electron chi connectivity index (χ0n) is 58.0. The largest absolute Gasteiger partial charge is 0.748 e. The molecule has 4 atom stereocenters. The molecular weight excluding hydrogens is 1540 g/mol. The van der Waals surface area contributed by atoms with E-state index in [1.165, 1.54) is 58.9 Å². The fourth-order valence-electron chi connectivity index (χ4n) is 14.2. The Morgan fingerprint density at radius 1 is 0.623 bits per heavy atom. The first-order chi connectivity index (χ1) is 48.7. The van der Waals surface area contributed by atoms with Crippen LogP contribution < -0.4 is 9.47 Å². The molecule has 604 valence electrons. The minimum Gasteiger partial charge on any atom is -0.748 e. The van der Waals surface area contributed by atoms with Gasteiger partial charge in [0.25, 0.3) is 17.9 Å². The minimum absolute atomic E-state index is 0.0261. The number of aliphatic hydroxyl groups is 1. The van der Waals surface area contributed by atoms with Crippen molar-refractivity contribution in [3.05, 3.63) is 66.2 Å². The Bertz CT molecular complexity index is 3400. The Hall–Kier alpha value is -4.89. The van der Waals surface area contributed by atoms with Crippen molar-refractivity contribution in [3.63, 3.8) is 0 Å². The first-order valence-corrected chi connectivity index (χ1v) is 38.5. The van der Waals surface area contributed by atoms with E-state index < -0.39 is 131 Å². The number of methoxy groups -OCH3 is 1. The Balaban J connectivity index is 0.000000226. The Morgan fingerprint density at radius 3 is 1.59 bits per heavy atom. The zero-order valence-corrected chi connectivity index (χ0v) is 60.5. The van der Waals surface area contributed by atoms with Gasteiger partial charge in [0.05, 0.1) is 40.4 Å². The number of esters is 2. The highest BCUT2D eigenvalue weighted by molar-refractivity contribution is 7.98. The van der Waals surface area contributed by atoms with Gasteiger partial charge >= 0.3 is 54.3 Å². The molecule has 1 N–H and O–H groups in total. The van der Waals surface area contributed by atoms with Crippen LogP contribution in [0.1, 0.15) is 141 Å². The number of carbonyl (C=O) groups is 3. The molecule has 2 saturated heterocycles. The third kappa shape index (κ3) is 22.2. The maximum Gasteiger partial charge on any atom is 0.456 e. The van der Waals surface area contributed by atoms with Crippen molar-refractivity contribution in [3.8, 4) is 11.5 Å². The summed E-state index contributed by atoms with van der Waals surface area (Å²) in [6.07, 6.45) is -21.2. The molecule has 7 aliphatic rings. The predicted molar refractivity (Wildman–Crippen MR) is 345 cm³/mol. The molecule has 0 radical (unpaired) electrons. The molecule has 14 nitrogen and oxygen atoms in total. The number of hydrogen-bond acceptors (Lipinski definition) is 14. The number of Topliss-reactive ketones (excluding diaryl/α,β-unsaturated/α-hetero) is 1. The molecule has 0 spiro atoms. The smallest absolute Gasteiger partial charge is 0.456 e. The number of alkyl halides is 21. The molecule has 2 heterocycles. The lowest BCUT2D eigenvalue weighted by Gasteiger charge is -2.55. The standard InChI is InChI=1S/C22H28F7O4S.C20H24F3O3S.C15H18F6O5S.C11H15F5O2/c1-4-17(34-11-5-6-12-34)18(30)15-7-9-16(10-8-15)32-13-20(19(2,23)24,33-14-31-3)21(25,26)22(27,28)29;1-19(24,20(21,22)23)14-25-10-11-26-17-8-9-18(27-12-4-5-13-27)16-7-3-2-6-15(16)17;16-14(17,18)13(15(19,20)21,7-27(23,24)25)26-11(22)12-4-8-1-9(5-12)3-10(2-8)6-12;1-10(12,13)9(11(14,15)16)18-8(17)7-5-3-2-4-6-7/h7-10,17H,4-6,11-14H2,1-3H3;2-3,6-9,24H,4-5,10-14H2,1H3;8-10H,1-7H2,(H,23,24,25);7,9H,2-6H2,1H3/q2*+1;;/p-1. The quantitative estimate of drug-likeness (QED) is 0.0152. The van der Waals surface area contributed by atoms with Gasteiger partial charge in [-0.3, -0.25) is 14.4 Å². The molecule has 4 bridgehead atoms. The van der Waals surface area contributed by atoms with E-state index in [9.17, 15) is 125 Å². The van der Waals surface area contributed by atoms with Gasteiger partial charge in [-0.2, -0.15) is 74.6 Å². The van der Waals surface area contributed by atoms with Gasteiger partial charge in [0.2, 0.25) is 11.4 Å². The van der Waals surface area contributed by atoms with Crippen LogP contribution in [0.15, 0.2) is 65.6 Å². The molecule has 10 rings (SSSR count). The number of ketones is 1. The van der Waals surface area contributed by atoms with Crippen LogP contribution in [0.4, 0.5) is 92.2 Å². The van der Waals surface area contributed by atoms with Crippen LogP contribution in [0.5, 0.6) is 11.5 Å².